The fourth-order valence-corrected chi connectivity index (χ4v) is 2.95. The van der Waals surface area contributed by atoms with Crippen molar-refractivity contribution in [3.63, 3.8) is 0 Å². The lowest BCUT2D eigenvalue weighted by Crippen LogP contribution is -2.50. The Morgan fingerprint density at radius 1 is 1.32 bits per heavy atom. The van der Waals surface area contributed by atoms with Gasteiger partial charge in [-0.05, 0) is 63.8 Å². The maximum atomic E-state index is 11.7. The van der Waals surface area contributed by atoms with Gasteiger partial charge in [0, 0.05) is 22.2 Å². The van der Waals surface area contributed by atoms with Crippen LogP contribution in [0.3, 0.4) is 0 Å². The van der Waals surface area contributed by atoms with E-state index in [1.54, 1.807) is 0 Å². The van der Waals surface area contributed by atoms with E-state index in [4.69, 9.17) is 4.74 Å². The van der Waals surface area contributed by atoms with Gasteiger partial charge in [0.05, 0.1) is 0 Å². The summed E-state index contributed by atoms with van der Waals surface area (Å²) in [5.41, 5.74) is 2.04. The monoisotopic (exact) mass is 368 g/mol. The van der Waals surface area contributed by atoms with Crippen LogP contribution in [0.2, 0.25) is 0 Å². The average molecular weight is 369 g/mol. The largest absolute Gasteiger partial charge is 0.444 e. The number of ether oxygens (including phenoxy) is 1. The van der Waals surface area contributed by atoms with Gasteiger partial charge in [0.15, 0.2) is 0 Å². The van der Waals surface area contributed by atoms with E-state index >= 15 is 0 Å². The van der Waals surface area contributed by atoms with E-state index in [1.165, 1.54) is 11.3 Å². The molecule has 1 aromatic carbocycles. The first kappa shape index (κ1) is 17.1. The zero-order valence-corrected chi connectivity index (χ0v) is 15.3. The number of benzene rings is 1. The molecule has 1 aliphatic rings. The summed E-state index contributed by atoms with van der Waals surface area (Å²) >= 11 is 3.51. The van der Waals surface area contributed by atoms with E-state index in [-0.39, 0.29) is 12.1 Å². The van der Waals surface area contributed by atoms with E-state index in [9.17, 15) is 4.79 Å². The highest BCUT2D eigenvalue weighted by atomic mass is 79.9. The molecular weight excluding hydrogens is 344 g/mol. The van der Waals surface area contributed by atoms with Crippen molar-refractivity contribution in [1.29, 1.82) is 0 Å². The van der Waals surface area contributed by atoms with Crippen molar-refractivity contribution >= 4 is 27.7 Å². The minimum Gasteiger partial charge on any atom is -0.444 e. The Balaban J connectivity index is 1.79. The third kappa shape index (κ3) is 4.90. The van der Waals surface area contributed by atoms with Crippen LogP contribution in [0.1, 0.15) is 46.1 Å². The predicted molar refractivity (Wildman–Crippen MR) is 93.3 cm³/mol. The van der Waals surface area contributed by atoms with Crippen LogP contribution < -0.4 is 10.6 Å². The van der Waals surface area contributed by atoms with E-state index < -0.39 is 5.60 Å². The van der Waals surface area contributed by atoms with E-state index in [2.05, 4.69) is 51.7 Å². The zero-order valence-electron chi connectivity index (χ0n) is 13.7. The topological polar surface area (TPSA) is 50.4 Å². The number of alkyl carbamates (subject to hydrolysis) is 1. The number of hydrogen-bond donors (Lipinski definition) is 2. The fourth-order valence-electron chi connectivity index (χ4n) is 2.54. The molecule has 5 heteroatoms. The molecule has 1 aromatic rings. The van der Waals surface area contributed by atoms with Crippen LogP contribution in [0, 0.1) is 0 Å². The van der Waals surface area contributed by atoms with Gasteiger partial charge in [-0.25, -0.2) is 4.79 Å². The Bertz CT molecular complexity index is 534. The van der Waals surface area contributed by atoms with Crippen LogP contribution in [0.25, 0.3) is 0 Å². The average Bonchev–Trinajstić information content (AvgIpc) is 2.35. The number of anilines is 1. The normalized spacial score (nSPS) is 21.0. The number of carbonyl (C=O) groups excluding carboxylic acids is 1. The molecule has 0 aliphatic heterocycles. The van der Waals surface area contributed by atoms with Gasteiger partial charge in [0.2, 0.25) is 0 Å². The summed E-state index contributed by atoms with van der Waals surface area (Å²) in [6.45, 7) is 7.77. The highest BCUT2D eigenvalue weighted by Gasteiger charge is 2.31. The standard InChI is InChI=1S/C17H25BrN2O2/c1-5-11-8-12(18)6-7-15(11)19-13-9-14(10-13)20-16(21)22-17(2,3)4/h6-8,13-14,19H,5,9-10H2,1-4H3,(H,20,21). The van der Waals surface area contributed by atoms with Crippen molar-refractivity contribution in [3.8, 4) is 0 Å². The number of rotatable bonds is 4. The molecule has 122 valence electrons. The van der Waals surface area contributed by atoms with E-state index in [0.29, 0.717) is 6.04 Å². The number of halogens is 1. The highest BCUT2D eigenvalue weighted by Crippen LogP contribution is 2.28. The zero-order chi connectivity index (χ0) is 16.3. The first-order valence-corrected chi connectivity index (χ1v) is 8.60. The molecule has 0 bridgehead atoms. The molecular formula is C17H25BrN2O2. The summed E-state index contributed by atoms with van der Waals surface area (Å²) in [5.74, 6) is 0. The quantitative estimate of drug-likeness (QED) is 0.823. The second-order valence-corrected chi connectivity index (χ2v) is 7.73. The summed E-state index contributed by atoms with van der Waals surface area (Å²) in [4.78, 5) is 11.7. The van der Waals surface area contributed by atoms with Gasteiger partial charge >= 0.3 is 6.09 Å². The SMILES string of the molecule is CCc1cc(Br)ccc1NC1CC(NC(=O)OC(C)(C)C)C1. The third-order valence-electron chi connectivity index (χ3n) is 3.67. The fraction of sp³-hybridized carbons (Fsp3) is 0.588. The molecule has 0 aromatic heterocycles. The molecule has 0 heterocycles. The van der Waals surface area contributed by atoms with Crippen molar-refractivity contribution in [2.75, 3.05) is 5.32 Å². The molecule has 0 saturated heterocycles. The first-order chi connectivity index (χ1) is 10.3. The molecule has 1 aliphatic carbocycles. The molecule has 2 N–H and O–H groups in total. The molecule has 0 atom stereocenters. The lowest BCUT2D eigenvalue weighted by Gasteiger charge is -2.37. The van der Waals surface area contributed by atoms with Crippen LogP contribution in [0.15, 0.2) is 22.7 Å². The van der Waals surface area contributed by atoms with Crippen LogP contribution in [0.4, 0.5) is 10.5 Å². The molecule has 1 fully saturated rings. The lowest BCUT2D eigenvalue weighted by molar-refractivity contribution is 0.0475. The second-order valence-electron chi connectivity index (χ2n) is 6.81. The van der Waals surface area contributed by atoms with Gasteiger partial charge in [0.1, 0.15) is 5.60 Å². The van der Waals surface area contributed by atoms with Crippen LogP contribution in [-0.4, -0.2) is 23.8 Å². The number of aryl methyl sites for hydroxylation is 1. The molecule has 0 unspecified atom stereocenters. The van der Waals surface area contributed by atoms with Gasteiger partial charge in [0.25, 0.3) is 0 Å². The maximum absolute atomic E-state index is 11.7. The highest BCUT2D eigenvalue weighted by molar-refractivity contribution is 9.10. The van der Waals surface area contributed by atoms with Crippen molar-refractivity contribution in [3.05, 3.63) is 28.2 Å². The summed E-state index contributed by atoms with van der Waals surface area (Å²) in [7, 11) is 0. The van der Waals surface area contributed by atoms with Crippen molar-refractivity contribution in [2.24, 2.45) is 0 Å². The molecule has 22 heavy (non-hydrogen) atoms. The molecule has 2 rings (SSSR count). The molecule has 1 saturated carbocycles. The van der Waals surface area contributed by atoms with Crippen LogP contribution in [0.5, 0.6) is 0 Å². The Kier molecular flexibility index (Phi) is 5.37. The minimum absolute atomic E-state index is 0.202. The van der Waals surface area contributed by atoms with Crippen molar-refractivity contribution in [2.45, 2.75) is 64.6 Å². The third-order valence-corrected chi connectivity index (χ3v) is 4.16. The second kappa shape index (κ2) is 6.90. The van der Waals surface area contributed by atoms with Crippen molar-refractivity contribution in [1.82, 2.24) is 5.32 Å². The summed E-state index contributed by atoms with van der Waals surface area (Å²) in [6.07, 6.45) is 2.53. The van der Waals surface area contributed by atoms with Gasteiger partial charge in [-0.15, -0.1) is 0 Å². The van der Waals surface area contributed by atoms with Crippen LogP contribution >= 0.6 is 15.9 Å². The number of carbonyl (C=O) groups is 1. The molecule has 0 spiro atoms. The maximum Gasteiger partial charge on any atom is 0.407 e. The molecule has 0 radical (unpaired) electrons. The first-order valence-electron chi connectivity index (χ1n) is 7.81. The molecule has 4 nitrogen and oxygen atoms in total. The Morgan fingerprint density at radius 3 is 2.59 bits per heavy atom. The smallest absolute Gasteiger partial charge is 0.407 e. The van der Waals surface area contributed by atoms with Crippen molar-refractivity contribution < 1.29 is 9.53 Å². The summed E-state index contributed by atoms with van der Waals surface area (Å²) < 4.78 is 6.38. The summed E-state index contributed by atoms with van der Waals surface area (Å²) in [5, 5.41) is 6.48. The number of amides is 1. The lowest BCUT2D eigenvalue weighted by atomic mass is 9.86. The Hall–Kier alpha value is -1.23. The number of hydrogen-bond acceptors (Lipinski definition) is 3. The minimum atomic E-state index is -0.446. The van der Waals surface area contributed by atoms with E-state index in [0.717, 1.165) is 23.7 Å². The van der Waals surface area contributed by atoms with Crippen LogP contribution in [-0.2, 0) is 11.2 Å². The van der Waals surface area contributed by atoms with E-state index in [1.807, 2.05) is 20.8 Å². The van der Waals surface area contributed by atoms with Gasteiger partial charge < -0.3 is 15.4 Å². The Morgan fingerprint density at radius 2 is 2.00 bits per heavy atom. The number of nitrogens with one attached hydrogen (secondary N) is 2. The Labute approximate surface area is 141 Å². The van der Waals surface area contributed by atoms with Gasteiger partial charge in [-0.3, -0.25) is 0 Å². The summed E-state index contributed by atoms with van der Waals surface area (Å²) in [6, 6.07) is 6.92. The molecule has 1 amide bonds. The predicted octanol–water partition coefficient (Wildman–Crippen LogP) is 4.48. The van der Waals surface area contributed by atoms with Gasteiger partial charge in [-0.1, -0.05) is 22.9 Å². The van der Waals surface area contributed by atoms with Gasteiger partial charge in [-0.2, -0.15) is 0 Å².